The molecule has 7 nitrogen and oxygen atoms in total. The van der Waals surface area contributed by atoms with Gasteiger partial charge in [0.05, 0.1) is 15.1 Å². The molecule has 0 aliphatic carbocycles. The van der Waals surface area contributed by atoms with Crippen LogP contribution in [0, 0.1) is 21.4 Å². The number of para-hydroxylation sites is 1. The van der Waals surface area contributed by atoms with Gasteiger partial charge >= 0.3 is 0 Å². The first-order chi connectivity index (χ1) is 11.6. The van der Waals surface area contributed by atoms with Crippen LogP contribution >= 0.6 is 22.9 Å². The molecular formula is C15H8ClN5O2S. The highest BCUT2D eigenvalue weighted by atomic mass is 35.5. The number of hydrogen-bond acceptors (Lipinski definition) is 7. The Bertz CT molecular complexity index is 976. The van der Waals surface area contributed by atoms with E-state index in [9.17, 15) is 15.4 Å². The van der Waals surface area contributed by atoms with E-state index in [1.807, 2.05) is 30.3 Å². The Labute approximate surface area is 145 Å². The molecule has 3 aromatic rings. The maximum Gasteiger partial charge on any atom is 0.295 e. The number of nitrogens with zero attached hydrogens (tertiary/aromatic N) is 4. The van der Waals surface area contributed by atoms with Crippen LogP contribution in [-0.2, 0) is 0 Å². The third kappa shape index (κ3) is 3.17. The summed E-state index contributed by atoms with van der Waals surface area (Å²) < 4.78 is 0.924. The van der Waals surface area contributed by atoms with Gasteiger partial charge in [0, 0.05) is 11.1 Å². The Kier molecular flexibility index (Phi) is 4.37. The number of aromatic nitrogens is 1. The Morgan fingerprint density at radius 1 is 1.38 bits per heavy atom. The van der Waals surface area contributed by atoms with Gasteiger partial charge in [0.25, 0.3) is 5.69 Å². The number of nitriles is 1. The second-order valence-corrected chi connectivity index (χ2v) is 6.06. The largest absolute Gasteiger partial charge is 0.295 e. The van der Waals surface area contributed by atoms with Crippen LogP contribution in [0.3, 0.4) is 0 Å². The topological polar surface area (TPSA) is 104 Å². The minimum atomic E-state index is -0.576. The lowest BCUT2D eigenvalue weighted by atomic mass is 10.3. The van der Waals surface area contributed by atoms with Gasteiger partial charge in [-0.2, -0.15) is 10.4 Å². The molecule has 0 aliphatic rings. The molecule has 0 aliphatic heterocycles. The van der Waals surface area contributed by atoms with Crippen molar-refractivity contribution in [3.05, 3.63) is 62.6 Å². The van der Waals surface area contributed by atoms with E-state index >= 15 is 0 Å². The number of nitro groups is 1. The maximum absolute atomic E-state index is 11.1. The molecule has 24 heavy (non-hydrogen) atoms. The van der Waals surface area contributed by atoms with Gasteiger partial charge in [0.15, 0.2) is 10.7 Å². The van der Waals surface area contributed by atoms with Crippen LogP contribution in [0.15, 0.2) is 47.6 Å². The van der Waals surface area contributed by atoms with Crippen LogP contribution in [0.25, 0.3) is 10.2 Å². The highest BCUT2D eigenvalue weighted by Crippen LogP contribution is 2.28. The van der Waals surface area contributed by atoms with Crippen molar-refractivity contribution >= 4 is 50.2 Å². The fraction of sp³-hybridized carbons (Fsp3) is 0. The van der Waals surface area contributed by atoms with Gasteiger partial charge in [-0.05, 0) is 24.3 Å². The number of nitrogens with one attached hydrogen (secondary N) is 1. The second kappa shape index (κ2) is 6.62. The number of nitro benzene ring substituents is 1. The molecule has 1 heterocycles. The fourth-order valence-electron chi connectivity index (χ4n) is 1.96. The molecule has 0 fully saturated rings. The van der Waals surface area contributed by atoms with Gasteiger partial charge in [-0.25, -0.2) is 4.98 Å². The van der Waals surface area contributed by atoms with Crippen molar-refractivity contribution < 1.29 is 4.92 Å². The molecule has 0 radical (unpaired) electrons. The quantitative estimate of drug-likeness (QED) is 0.428. The van der Waals surface area contributed by atoms with Gasteiger partial charge in [0.1, 0.15) is 11.8 Å². The summed E-state index contributed by atoms with van der Waals surface area (Å²) in [6, 6.07) is 13.5. The molecule has 9 heteroatoms. The minimum absolute atomic E-state index is 0.0421. The van der Waals surface area contributed by atoms with Gasteiger partial charge in [-0.1, -0.05) is 23.7 Å². The summed E-state index contributed by atoms with van der Waals surface area (Å²) >= 11 is 7.08. The molecule has 0 amide bonds. The number of hydrazone groups is 1. The van der Waals surface area contributed by atoms with Crippen LogP contribution in [-0.4, -0.2) is 15.6 Å². The summed E-state index contributed by atoms with van der Waals surface area (Å²) in [6.07, 6.45) is 0. The number of thiazole rings is 1. The van der Waals surface area contributed by atoms with E-state index in [0.717, 1.165) is 10.2 Å². The van der Waals surface area contributed by atoms with E-state index in [1.165, 1.54) is 29.5 Å². The number of rotatable bonds is 4. The molecule has 3 rings (SSSR count). The van der Waals surface area contributed by atoms with E-state index < -0.39 is 4.92 Å². The van der Waals surface area contributed by atoms with Crippen LogP contribution in [0.1, 0.15) is 5.01 Å². The third-order valence-corrected chi connectivity index (χ3v) is 4.33. The molecule has 0 saturated heterocycles. The lowest BCUT2D eigenvalue weighted by Gasteiger charge is -2.02. The van der Waals surface area contributed by atoms with E-state index in [0.29, 0.717) is 5.01 Å². The van der Waals surface area contributed by atoms with Gasteiger partial charge < -0.3 is 0 Å². The zero-order chi connectivity index (χ0) is 17.1. The predicted octanol–water partition coefficient (Wildman–Crippen LogP) is 4.20. The zero-order valence-electron chi connectivity index (χ0n) is 11.9. The Balaban J connectivity index is 1.95. The van der Waals surface area contributed by atoms with Crippen molar-refractivity contribution in [2.24, 2.45) is 5.10 Å². The molecule has 118 valence electrons. The number of fused-ring (bicyclic) bond motifs is 1. The first-order valence-corrected chi connectivity index (χ1v) is 7.81. The summed E-state index contributed by atoms with van der Waals surface area (Å²) in [5.41, 5.74) is 3.26. The summed E-state index contributed by atoms with van der Waals surface area (Å²) in [5, 5.41) is 25.0. The molecular weight excluding hydrogens is 350 g/mol. The van der Waals surface area contributed by atoms with E-state index in [1.54, 1.807) is 0 Å². The normalized spacial score (nSPS) is 11.2. The molecule has 0 spiro atoms. The number of anilines is 1. The SMILES string of the molecule is N#C/C(=N\Nc1ccc(Cl)cc1[N+](=O)[O-])c1nc2ccccc2s1. The summed E-state index contributed by atoms with van der Waals surface area (Å²) in [7, 11) is 0. The van der Waals surface area contributed by atoms with Crippen LogP contribution < -0.4 is 5.43 Å². The Hall–Kier alpha value is -3.02. The van der Waals surface area contributed by atoms with Gasteiger partial charge in [-0.15, -0.1) is 11.3 Å². The third-order valence-electron chi connectivity index (χ3n) is 3.05. The van der Waals surface area contributed by atoms with Crippen LogP contribution in [0.5, 0.6) is 0 Å². The Morgan fingerprint density at radius 3 is 2.88 bits per heavy atom. The van der Waals surface area contributed by atoms with Crippen molar-refractivity contribution in [2.75, 3.05) is 5.43 Å². The molecule has 0 unspecified atom stereocenters. The highest BCUT2D eigenvalue weighted by molar-refractivity contribution is 7.20. The average molecular weight is 358 g/mol. The molecule has 0 bridgehead atoms. The lowest BCUT2D eigenvalue weighted by molar-refractivity contribution is -0.383. The van der Waals surface area contributed by atoms with Gasteiger partial charge in [-0.3, -0.25) is 15.5 Å². The number of hydrogen-bond donors (Lipinski definition) is 1. The van der Waals surface area contributed by atoms with Crippen molar-refractivity contribution in [1.82, 2.24) is 4.98 Å². The predicted molar refractivity (Wildman–Crippen MR) is 93.5 cm³/mol. The highest BCUT2D eigenvalue weighted by Gasteiger charge is 2.15. The van der Waals surface area contributed by atoms with E-state index in [4.69, 9.17) is 11.6 Å². The Morgan fingerprint density at radius 2 is 2.17 bits per heavy atom. The average Bonchev–Trinajstić information content (AvgIpc) is 3.00. The van der Waals surface area contributed by atoms with E-state index in [-0.39, 0.29) is 22.1 Å². The van der Waals surface area contributed by atoms with Crippen molar-refractivity contribution in [3.63, 3.8) is 0 Å². The molecule has 0 saturated carbocycles. The first-order valence-electron chi connectivity index (χ1n) is 6.62. The maximum atomic E-state index is 11.1. The van der Waals surface area contributed by atoms with Crippen LogP contribution in [0.4, 0.5) is 11.4 Å². The number of halogens is 1. The van der Waals surface area contributed by atoms with E-state index in [2.05, 4.69) is 15.5 Å². The summed E-state index contributed by atoms with van der Waals surface area (Å²) in [6.45, 7) is 0. The standard InChI is InChI=1S/C15H8ClN5O2S/c16-9-5-6-10(13(7-9)21(22)23)19-20-12(8-17)15-18-11-3-1-2-4-14(11)24-15/h1-7,19H/b20-12+. The van der Waals surface area contributed by atoms with Crippen molar-refractivity contribution in [2.45, 2.75) is 0 Å². The van der Waals surface area contributed by atoms with Crippen molar-refractivity contribution in [1.29, 1.82) is 5.26 Å². The molecule has 0 atom stereocenters. The molecule has 1 aromatic heterocycles. The lowest BCUT2D eigenvalue weighted by Crippen LogP contribution is -2.03. The summed E-state index contributed by atoms with van der Waals surface area (Å²) in [4.78, 5) is 14.8. The fourth-order valence-corrected chi connectivity index (χ4v) is 3.03. The first kappa shape index (κ1) is 15.9. The van der Waals surface area contributed by atoms with Gasteiger partial charge in [0.2, 0.25) is 0 Å². The van der Waals surface area contributed by atoms with Crippen molar-refractivity contribution in [3.8, 4) is 6.07 Å². The number of benzene rings is 2. The zero-order valence-corrected chi connectivity index (χ0v) is 13.5. The second-order valence-electron chi connectivity index (χ2n) is 4.59. The molecule has 1 N–H and O–H groups in total. The van der Waals surface area contributed by atoms with Crippen LogP contribution in [0.2, 0.25) is 5.02 Å². The minimum Gasteiger partial charge on any atom is -0.270 e. The smallest absolute Gasteiger partial charge is 0.270 e. The molecule has 2 aromatic carbocycles. The summed E-state index contributed by atoms with van der Waals surface area (Å²) in [5.74, 6) is 0. The monoisotopic (exact) mass is 357 g/mol.